The Hall–Kier alpha value is -1.18. The van der Waals surface area contributed by atoms with Gasteiger partial charge >= 0.3 is 0 Å². The van der Waals surface area contributed by atoms with Crippen LogP contribution >= 0.6 is 0 Å². The lowest BCUT2D eigenvalue weighted by Crippen LogP contribution is -1.82. The minimum Gasteiger partial charge on any atom is -0.285 e. The Morgan fingerprint density at radius 1 is 1.50 bits per heavy atom. The van der Waals surface area contributed by atoms with Crippen molar-refractivity contribution in [3.05, 3.63) is 35.4 Å². The van der Waals surface area contributed by atoms with E-state index in [4.69, 9.17) is 0 Å². The molecular formula is C8H6FO. The summed E-state index contributed by atoms with van der Waals surface area (Å²) in [6.45, 7) is -0.532. The SMILES string of the molecule is O=[C]c1cccc(CF)c1. The lowest BCUT2D eigenvalue weighted by atomic mass is 10.1. The van der Waals surface area contributed by atoms with E-state index in [1.165, 1.54) is 6.07 Å². The number of alkyl halides is 1. The zero-order valence-corrected chi connectivity index (χ0v) is 5.30. The van der Waals surface area contributed by atoms with Gasteiger partial charge in [-0.15, -0.1) is 0 Å². The number of hydrogen-bond donors (Lipinski definition) is 0. The van der Waals surface area contributed by atoms with Gasteiger partial charge in [-0.05, 0) is 11.6 Å². The third-order valence-electron chi connectivity index (χ3n) is 1.20. The van der Waals surface area contributed by atoms with Crippen LogP contribution in [0.4, 0.5) is 4.39 Å². The molecule has 0 aliphatic rings. The summed E-state index contributed by atoms with van der Waals surface area (Å²) in [7, 11) is 0. The standard InChI is InChI=1S/C8H6FO/c9-5-7-2-1-3-8(4-7)6-10/h1-4H,5H2. The molecule has 0 N–H and O–H groups in total. The topological polar surface area (TPSA) is 17.1 Å². The molecule has 1 radical (unpaired) electrons. The van der Waals surface area contributed by atoms with Gasteiger partial charge in [0, 0.05) is 5.56 Å². The van der Waals surface area contributed by atoms with Crippen LogP contribution in [-0.4, -0.2) is 6.29 Å². The number of rotatable bonds is 2. The first-order valence-electron chi connectivity index (χ1n) is 2.90. The Bertz CT molecular complexity index is 232. The molecule has 0 atom stereocenters. The van der Waals surface area contributed by atoms with E-state index in [1.54, 1.807) is 24.5 Å². The monoisotopic (exact) mass is 137 g/mol. The van der Waals surface area contributed by atoms with Gasteiger partial charge in [-0.2, -0.15) is 0 Å². The van der Waals surface area contributed by atoms with Gasteiger partial charge in [0.1, 0.15) is 6.67 Å². The van der Waals surface area contributed by atoms with Crippen LogP contribution < -0.4 is 0 Å². The fourth-order valence-corrected chi connectivity index (χ4v) is 0.718. The van der Waals surface area contributed by atoms with Gasteiger partial charge in [0.25, 0.3) is 0 Å². The molecule has 1 aromatic rings. The van der Waals surface area contributed by atoms with Crippen LogP contribution in [0.5, 0.6) is 0 Å². The van der Waals surface area contributed by atoms with Crippen LogP contribution in [0.3, 0.4) is 0 Å². The van der Waals surface area contributed by atoms with E-state index in [1.807, 2.05) is 0 Å². The summed E-state index contributed by atoms with van der Waals surface area (Å²) >= 11 is 0. The van der Waals surface area contributed by atoms with Crippen molar-refractivity contribution in [2.75, 3.05) is 0 Å². The molecule has 1 aromatic carbocycles. The van der Waals surface area contributed by atoms with Gasteiger partial charge in [0.15, 0.2) is 0 Å². The molecule has 0 fully saturated rings. The summed E-state index contributed by atoms with van der Waals surface area (Å²) < 4.78 is 11.9. The molecule has 0 aromatic heterocycles. The fraction of sp³-hybridized carbons (Fsp3) is 0.125. The maximum atomic E-state index is 11.9. The van der Waals surface area contributed by atoms with Crippen LogP contribution in [0, 0.1) is 0 Å². The third-order valence-corrected chi connectivity index (χ3v) is 1.20. The first-order valence-corrected chi connectivity index (χ1v) is 2.90. The van der Waals surface area contributed by atoms with Crippen LogP contribution in [0.1, 0.15) is 11.1 Å². The van der Waals surface area contributed by atoms with E-state index in [9.17, 15) is 9.18 Å². The summed E-state index contributed by atoms with van der Waals surface area (Å²) in [5, 5.41) is 0. The fourth-order valence-electron chi connectivity index (χ4n) is 0.718. The average Bonchev–Trinajstić information content (AvgIpc) is 2.05. The summed E-state index contributed by atoms with van der Waals surface area (Å²) in [6.07, 6.45) is 1.68. The molecular weight excluding hydrogens is 131 g/mol. The van der Waals surface area contributed by atoms with Crippen molar-refractivity contribution in [1.82, 2.24) is 0 Å². The highest BCUT2D eigenvalue weighted by Crippen LogP contribution is 2.03. The second kappa shape index (κ2) is 3.11. The molecule has 0 aliphatic heterocycles. The Morgan fingerprint density at radius 2 is 2.30 bits per heavy atom. The highest BCUT2D eigenvalue weighted by atomic mass is 19.1. The average molecular weight is 137 g/mol. The van der Waals surface area contributed by atoms with Crippen molar-refractivity contribution in [2.45, 2.75) is 6.67 Å². The molecule has 10 heavy (non-hydrogen) atoms. The molecule has 0 saturated carbocycles. The van der Waals surface area contributed by atoms with Crippen LogP contribution in [0.25, 0.3) is 0 Å². The molecule has 1 nitrogen and oxygen atoms in total. The molecule has 1 rings (SSSR count). The summed E-state index contributed by atoms with van der Waals surface area (Å²) in [4.78, 5) is 10.0. The number of halogens is 1. The summed E-state index contributed by atoms with van der Waals surface area (Å²) in [6, 6.07) is 6.33. The quantitative estimate of drug-likeness (QED) is 0.605. The molecule has 0 saturated heterocycles. The number of carbonyl (C=O) groups excluding carboxylic acids is 1. The van der Waals surface area contributed by atoms with Crippen molar-refractivity contribution in [3.8, 4) is 0 Å². The highest BCUT2D eigenvalue weighted by Gasteiger charge is 1.92. The summed E-state index contributed by atoms with van der Waals surface area (Å²) in [5.74, 6) is 0. The highest BCUT2D eigenvalue weighted by molar-refractivity contribution is 5.75. The van der Waals surface area contributed by atoms with Gasteiger partial charge < -0.3 is 0 Å². The first kappa shape index (κ1) is 6.93. The van der Waals surface area contributed by atoms with Crippen molar-refractivity contribution in [2.24, 2.45) is 0 Å². The second-order valence-electron chi connectivity index (χ2n) is 1.94. The predicted molar refractivity (Wildman–Crippen MR) is 36.0 cm³/mol. The van der Waals surface area contributed by atoms with Crippen LogP contribution in [0.15, 0.2) is 24.3 Å². The zero-order chi connectivity index (χ0) is 7.40. The lowest BCUT2D eigenvalue weighted by Gasteiger charge is -1.92. The Kier molecular flexibility index (Phi) is 2.15. The number of benzene rings is 1. The maximum absolute atomic E-state index is 11.9. The van der Waals surface area contributed by atoms with E-state index < -0.39 is 6.67 Å². The Balaban J connectivity index is 2.98. The van der Waals surface area contributed by atoms with Gasteiger partial charge in [-0.3, -0.25) is 4.79 Å². The van der Waals surface area contributed by atoms with Crippen molar-refractivity contribution >= 4 is 6.29 Å². The van der Waals surface area contributed by atoms with E-state index in [-0.39, 0.29) is 0 Å². The zero-order valence-electron chi connectivity index (χ0n) is 5.30. The Labute approximate surface area is 58.5 Å². The molecule has 0 aliphatic carbocycles. The maximum Gasteiger partial charge on any atom is 0.233 e. The molecule has 0 unspecified atom stereocenters. The molecule has 0 spiro atoms. The molecule has 0 bridgehead atoms. The molecule has 0 amide bonds. The molecule has 51 valence electrons. The summed E-state index contributed by atoms with van der Waals surface area (Å²) in [5.41, 5.74) is 0.913. The van der Waals surface area contributed by atoms with Gasteiger partial charge in [0.2, 0.25) is 6.29 Å². The molecule has 0 heterocycles. The van der Waals surface area contributed by atoms with Crippen LogP contribution in [0.2, 0.25) is 0 Å². The van der Waals surface area contributed by atoms with Crippen LogP contribution in [-0.2, 0) is 11.5 Å². The minimum absolute atomic E-state index is 0.398. The van der Waals surface area contributed by atoms with E-state index in [2.05, 4.69) is 0 Å². The van der Waals surface area contributed by atoms with E-state index >= 15 is 0 Å². The normalized spacial score (nSPS) is 9.30. The van der Waals surface area contributed by atoms with Gasteiger partial charge in [-0.1, -0.05) is 18.2 Å². The largest absolute Gasteiger partial charge is 0.285 e. The third kappa shape index (κ3) is 1.41. The smallest absolute Gasteiger partial charge is 0.233 e. The van der Waals surface area contributed by atoms with Gasteiger partial charge in [0.05, 0.1) is 0 Å². The lowest BCUT2D eigenvalue weighted by molar-refractivity contribution is 0.485. The molecule has 2 heteroatoms. The van der Waals surface area contributed by atoms with Crippen molar-refractivity contribution in [3.63, 3.8) is 0 Å². The van der Waals surface area contributed by atoms with E-state index in [0.29, 0.717) is 11.1 Å². The van der Waals surface area contributed by atoms with Crippen molar-refractivity contribution in [1.29, 1.82) is 0 Å². The van der Waals surface area contributed by atoms with E-state index in [0.717, 1.165) is 0 Å². The minimum atomic E-state index is -0.532. The Morgan fingerprint density at radius 3 is 2.90 bits per heavy atom. The number of hydrogen-bond acceptors (Lipinski definition) is 1. The first-order chi connectivity index (χ1) is 4.86. The van der Waals surface area contributed by atoms with Crippen molar-refractivity contribution < 1.29 is 9.18 Å². The van der Waals surface area contributed by atoms with Gasteiger partial charge in [-0.25, -0.2) is 4.39 Å². The predicted octanol–water partition coefficient (Wildman–Crippen LogP) is 1.61. The second-order valence-corrected chi connectivity index (χ2v) is 1.94.